The maximum absolute atomic E-state index is 13.1. The first kappa shape index (κ1) is 22.5. The molecule has 1 fully saturated rings. The van der Waals surface area contributed by atoms with Gasteiger partial charge in [0.1, 0.15) is 5.75 Å². The average Bonchev–Trinajstić information content (AvgIpc) is 3.39. The summed E-state index contributed by atoms with van der Waals surface area (Å²) in [6, 6.07) is 19.7. The molecule has 2 aromatic carbocycles. The SMILES string of the molecule is COc1ccccc1C(=O)NCC1(c2cccs2)CCN(S(=O)(=O)c2ccccc2)CC1. The molecule has 0 saturated carbocycles. The van der Waals surface area contributed by atoms with Gasteiger partial charge in [-0.3, -0.25) is 4.79 Å². The zero-order chi connectivity index (χ0) is 22.6. The third-order valence-electron chi connectivity index (χ3n) is 6.04. The van der Waals surface area contributed by atoms with Crippen LogP contribution in [-0.2, 0) is 15.4 Å². The number of methoxy groups -OCH3 is 1. The lowest BCUT2D eigenvalue weighted by molar-refractivity contribution is 0.0930. The standard InChI is InChI=1S/C24H26N2O4S2/c1-30-21-11-6-5-10-20(21)23(27)25-18-24(22-12-7-17-31-22)13-15-26(16-14-24)32(28,29)19-8-3-2-4-9-19/h2-12,17H,13-16,18H2,1H3,(H,25,27). The predicted octanol–water partition coefficient (Wildman–Crippen LogP) is 3.91. The number of nitrogens with one attached hydrogen (secondary N) is 1. The number of nitrogens with zero attached hydrogens (tertiary/aromatic N) is 1. The van der Waals surface area contributed by atoms with E-state index in [4.69, 9.17) is 4.74 Å². The Kier molecular flexibility index (Phi) is 6.64. The molecule has 168 valence electrons. The summed E-state index contributed by atoms with van der Waals surface area (Å²) in [6.07, 6.45) is 1.26. The number of carbonyl (C=O) groups excluding carboxylic acids is 1. The van der Waals surface area contributed by atoms with Crippen molar-refractivity contribution in [3.63, 3.8) is 0 Å². The summed E-state index contributed by atoms with van der Waals surface area (Å²) >= 11 is 1.64. The Morgan fingerprint density at radius 2 is 1.72 bits per heavy atom. The van der Waals surface area contributed by atoms with Gasteiger partial charge in [0.05, 0.1) is 17.6 Å². The van der Waals surface area contributed by atoms with Crippen LogP contribution >= 0.6 is 11.3 Å². The van der Waals surface area contributed by atoms with Gasteiger partial charge < -0.3 is 10.1 Å². The second kappa shape index (κ2) is 9.44. The molecule has 1 N–H and O–H groups in total. The van der Waals surface area contributed by atoms with Gasteiger partial charge in [0.2, 0.25) is 10.0 Å². The van der Waals surface area contributed by atoms with Crippen LogP contribution < -0.4 is 10.1 Å². The van der Waals surface area contributed by atoms with E-state index in [1.807, 2.05) is 17.5 Å². The molecular weight excluding hydrogens is 444 g/mol. The molecule has 2 heterocycles. The highest BCUT2D eigenvalue weighted by Gasteiger charge is 2.40. The zero-order valence-electron chi connectivity index (χ0n) is 17.9. The highest BCUT2D eigenvalue weighted by Crippen LogP contribution is 2.39. The van der Waals surface area contributed by atoms with Crippen LogP contribution in [0.4, 0.5) is 0 Å². The van der Waals surface area contributed by atoms with E-state index < -0.39 is 10.0 Å². The van der Waals surface area contributed by atoms with E-state index >= 15 is 0 Å². The minimum atomic E-state index is -3.53. The first-order chi connectivity index (χ1) is 15.5. The normalized spacial score (nSPS) is 16.4. The van der Waals surface area contributed by atoms with Crippen LogP contribution in [0.2, 0.25) is 0 Å². The summed E-state index contributed by atoms with van der Waals surface area (Å²) in [4.78, 5) is 14.4. The summed E-state index contributed by atoms with van der Waals surface area (Å²) < 4.78 is 33.0. The molecule has 1 aliphatic heterocycles. The first-order valence-corrected chi connectivity index (χ1v) is 12.8. The number of rotatable bonds is 7. The molecule has 6 nitrogen and oxygen atoms in total. The van der Waals surface area contributed by atoms with E-state index in [2.05, 4.69) is 11.4 Å². The topological polar surface area (TPSA) is 75.7 Å². The highest BCUT2D eigenvalue weighted by molar-refractivity contribution is 7.89. The van der Waals surface area contributed by atoms with E-state index in [1.54, 1.807) is 71.3 Å². The molecule has 0 bridgehead atoms. The van der Waals surface area contributed by atoms with Crippen LogP contribution in [0.5, 0.6) is 5.75 Å². The van der Waals surface area contributed by atoms with Crippen molar-refractivity contribution in [2.24, 2.45) is 0 Å². The molecule has 1 saturated heterocycles. The molecule has 1 amide bonds. The molecule has 0 radical (unpaired) electrons. The van der Waals surface area contributed by atoms with E-state index in [9.17, 15) is 13.2 Å². The summed E-state index contributed by atoms with van der Waals surface area (Å²) in [6.45, 7) is 1.24. The van der Waals surface area contributed by atoms with Gasteiger partial charge in [0.15, 0.2) is 0 Å². The third kappa shape index (κ3) is 4.44. The number of piperidine rings is 1. The number of hydrogen-bond acceptors (Lipinski definition) is 5. The van der Waals surface area contributed by atoms with E-state index in [1.165, 1.54) is 0 Å². The van der Waals surface area contributed by atoms with Gasteiger partial charge in [-0.25, -0.2) is 8.42 Å². The Morgan fingerprint density at radius 1 is 1.03 bits per heavy atom. The Bertz CT molecular complexity index is 1150. The molecule has 4 rings (SSSR count). The van der Waals surface area contributed by atoms with Crippen molar-refractivity contribution >= 4 is 27.3 Å². The van der Waals surface area contributed by atoms with Crippen molar-refractivity contribution in [2.45, 2.75) is 23.2 Å². The highest BCUT2D eigenvalue weighted by atomic mass is 32.2. The molecule has 1 aromatic heterocycles. The number of para-hydroxylation sites is 1. The number of hydrogen-bond donors (Lipinski definition) is 1. The van der Waals surface area contributed by atoms with E-state index in [0.717, 1.165) is 4.88 Å². The quantitative estimate of drug-likeness (QED) is 0.568. The van der Waals surface area contributed by atoms with Gasteiger partial charge in [-0.15, -0.1) is 11.3 Å². The molecule has 32 heavy (non-hydrogen) atoms. The molecule has 0 atom stereocenters. The van der Waals surface area contributed by atoms with Crippen LogP contribution in [0.25, 0.3) is 0 Å². The number of amides is 1. The maximum Gasteiger partial charge on any atom is 0.255 e. The molecular formula is C24H26N2O4S2. The van der Waals surface area contributed by atoms with Gasteiger partial charge in [-0.05, 0) is 48.6 Å². The number of sulfonamides is 1. The van der Waals surface area contributed by atoms with Crippen molar-refractivity contribution in [1.82, 2.24) is 9.62 Å². The molecule has 0 aliphatic carbocycles. The predicted molar refractivity (Wildman–Crippen MR) is 126 cm³/mol. The molecule has 8 heteroatoms. The van der Waals surface area contributed by atoms with Crippen molar-refractivity contribution in [1.29, 1.82) is 0 Å². The van der Waals surface area contributed by atoms with Gasteiger partial charge in [0.25, 0.3) is 5.91 Å². The van der Waals surface area contributed by atoms with Crippen LogP contribution in [0.1, 0.15) is 28.1 Å². The molecule has 1 aliphatic rings. The number of carbonyl (C=O) groups is 1. The van der Waals surface area contributed by atoms with Crippen molar-refractivity contribution in [3.05, 3.63) is 82.6 Å². The van der Waals surface area contributed by atoms with Crippen LogP contribution in [0, 0.1) is 0 Å². The Morgan fingerprint density at radius 3 is 2.38 bits per heavy atom. The lowest BCUT2D eigenvalue weighted by atomic mass is 9.77. The number of thiophene rings is 1. The average molecular weight is 471 g/mol. The van der Waals surface area contributed by atoms with Crippen molar-refractivity contribution in [3.8, 4) is 5.75 Å². The number of ether oxygens (including phenoxy) is 1. The summed E-state index contributed by atoms with van der Waals surface area (Å²) in [5.74, 6) is 0.330. The van der Waals surface area contributed by atoms with Crippen LogP contribution in [0.3, 0.4) is 0 Å². The fraction of sp³-hybridized carbons (Fsp3) is 0.292. The summed E-state index contributed by atoms with van der Waals surface area (Å²) in [5, 5.41) is 5.10. The largest absolute Gasteiger partial charge is 0.496 e. The second-order valence-corrected chi connectivity index (χ2v) is 10.7. The second-order valence-electron chi connectivity index (χ2n) is 7.86. The van der Waals surface area contributed by atoms with E-state index in [0.29, 0.717) is 48.7 Å². The molecule has 0 spiro atoms. The van der Waals surface area contributed by atoms with Crippen molar-refractivity contribution < 1.29 is 17.9 Å². The smallest absolute Gasteiger partial charge is 0.255 e. The Hall–Kier alpha value is -2.68. The van der Waals surface area contributed by atoms with Gasteiger partial charge in [-0.2, -0.15) is 4.31 Å². The Labute approximate surface area is 192 Å². The van der Waals surface area contributed by atoms with Gasteiger partial charge in [0, 0.05) is 29.9 Å². The van der Waals surface area contributed by atoms with Gasteiger partial charge >= 0.3 is 0 Å². The monoisotopic (exact) mass is 470 g/mol. The summed E-state index contributed by atoms with van der Waals surface area (Å²) in [5.41, 5.74) is 0.176. The minimum Gasteiger partial charge on any atom is -0.496 e. The fourth-order valence-electron chi connectivity index (χ4n) is 4.16. The zero-order valence-corrected chi connectivity index (χ0v) is 19.5. The molecule has 0 unspecified atom stereocenters. The molecule has 3 aromatic rings. The first-order valence-electron chi connectivity index (χ1n) is 10.5. The van der Waals surface area contributed by atoms with E-state index in [-0.39, 0.29) is 11.3 Å². The third-order valence-corrected chi connectivity index (χ3v) is 9.07. The van der Waals surface area contributed by atoms with Crippen LogP contribution in [-0.4, -0.2) is 45.4 Å². The lowest BCUT2D eigenvalue weighted by Gasteiger charge is -2.41. The Balaban J connectivity index is 1.51. The lowest BCUT2D eigenvalue weighted by Crippen LogP contribution is -2.50. The fourth-order valence-corrected chi connectivity index (χ4v) is 6.61. The maximum atomic E-state index is 13.1. The van der Waals surface area contributed by atoms with Crippen molar-refractivity contribution in [2.75, 3.05) is 26.7 Å². The minimum absolute atomic E-state index is 0.197. The summed E-state index contributed by atoms with van der Waals surface area (Å²) in [7, 11) is -1.99. The van der Waals surface area contributed by atoms with Crippen LogP contribution in [0.15, 0.2) is 77.0 Å². The number of benzene rings is 2. The van der Waals surface area contributed by atoms with Gasteiger partial charge in [-0.1, -0.05) is 36.4 Å².